The SMILES string of the molecule is CCC(=NOC)c1ccc(OCc2ccccc2-n2nnn(C)c2=O)c(C)c1. The number of benzene rings is 2. The minimum atomic E-state index is -0.308. The Hall–Kier alpha value is -3.42. The van der Waals surface area contributed by atoms with Crippen molar-refractivity contribution in [1.82, 2.24) is 19.8 Å². The van der Waals surface area contributed by atoms with E-state index in [1.54, 1.807) is 14.2 Å². The molecule has 0 N–H and O–H groups in total. The van der Waals surface area contributed by atoms with Gasteiger partial charge in [0, 0.05) is 12.6 Å². The maximum Gasteiger partial charge on any atom is 0.368 e. The van der Waals surface area contributed by atoms with Crippen molar-refractivity contribution >= 4 is 5.71 Å². The fraction of sp³-hybridized carbons (Fsp3) is 0.300. The first kappa shape index (κ1) is 19.3. The molecule has 0 atom stereocenters. The number of rotatable bonds is 7. The second-order valence-electron chi connectivity index (χ2n) is 6.27. The molecule has 0 bridgehead atoms. The Balaban J connectivity index is 1.83. The second kappa shape index (κ2) is 8.51. The largest absolute Gasteiger partial charge is 0.489 e. The Labute approximate surface area is 163 Å². The van der Waals surface area contributed by atoms with E-state index in [0.717, 1.165) is 34.6 Å². The number of hydrogen-bond donors (Lipinski definition) is 0. The fourth-order valence-corrected chi connectivity index (χ4v) is 2.88. The Kier molecular flexibility index (Phi) is 5.88. The summed E-state index contributed by atoms with van der Waals surface area (Å²) in [4.78, 5) is 17.1. The zero-order chi connectivity index (χ0) is 20.1. The molecular weight excluding hydrogens is 358 g/mol. The van der Waals surface area contributed by atoms with Crippen molar-refractivity contribution in [2.24, 2.45) is 12.2 Å². The predicted octanol–water partition coefficient (Wildman–Crippen LogP) is 2.61. The molecule has 28 heavy (non-hydrogen) atoms. The summed E-state index contributed by atoms with van der Waals surface area (Å²) in [6.07, 6.45) is 0.772. The van der Waals surface area contributed by atoms with Gasteiger partial charge in [-0.25, -0.2) is 4.79 Å². The Morgan fingerprint density at radius 3 is 2.61 bits per heavy atom. The van der Waals surface area contributed by atoms with E-state index >= 15 is 0 Å². The summed E-state index contributed by atoms with van der Waals surface area (Å²) < 4.78 is 8.47. The molecule has 2 aromatic carbocycles. The van der Waals surface area contributed by atoms with Gasteiger partial charge in [-0.3, -0.25) is 0 Å². The van der Waals surface area contributed by atoms with Crippen LogP contribution in [0.15, 0.2) is 52.4 Å². The van der Waals surface area contributed by atoms with Crippen molar-refractivity contribution in [2.75, 3.05) is 7.11 Å². The zero-order valence-corrected chi connectivity index (χ0v) is 16.4. The standard InChI is InChI=1S/C20H23N5O3/c1-5-17(21-27-4)15-10-11-19(14(2)12-15)28-13-16-8-6-7-9-18(16)25-20(26)24(3)22-23-25/h6-12H,5,13H2,1-4H3. The molecule has 0 saturated heterocycles. The van der Waals surface area contributed by atoms with Crippen LogP contribution >= 0.6 is 0 Å². The van der Waals surface area contributed by atoms with E-state index in [4.69, 9.17) is 9.57 Å². The van der Waals surface area contributed by atoms with Crippen LogP contribution in [0.1, 0.15) is 30.0 Å². The van der Waals surface area contributed by atoms with E-state index < -0.39 is 0 Å². The van der Waals surface area contributed by atoms with Gasteiger partial charge in [0.05, 0.1) is 11.4 Å². The summed E-state index contributed by atoms with van der Waals surface area (Å²) >= 11 is 0. The van der Waals surface area contributed by atoms with Gasteiger partial charge in [-0.15, -0.1) is 0 Å². The van der Waals surface area contributed by atoms with Crippen LogP contribution in [0.2, 0.25) is 0 Å². The molecule has 8 heteroatoms. The Morgan fingerprint density at radius 1 is 1.18 bits per heavy atom. The van der Waals surface area contributed by atoms with Gasteiger partial charge in [-0.05, 0) is 59.2 Å². The molecule has 1 heterocycles. The number of hydrogen-bond acceptors (Lipinski definition) is 6. The van der Waals surface area contributed by atoms with E-state index in [-0.39, 0.29) is 5.69 Å². The highest BCUT2D eigenvalue weighted by atomic mass is 16.6. The number of para-hydroxylation sites is 1. The lowest BCUT2D eigenvalue weighted by Crippen LogP contribution is -2.23. The lowest BCUT2D eigenvalue weighted by Gasteiger charge is -2.13. The molecule has 146 valence electrons. The first-order chi connectivity index (χ1) is 13.5. The van der Waals surface area contributed by atoms with Crippen LogP contribution in [-0.2, 0) is 18.5 Å². The summed E-state index contributed by atoms with van der Waals surface area (Å²) in [5.41, 5.74) is 4.05. The third kappa shape index (κ3) is 3.95. The molecule has 0 aliphatic heterocycles. The van der Waals surface area contributed by atoms with E-state index in [0.29, 0.717) is 12.3 Å². The van der Waals surface area contributed by atoms with Crippen molar-refractivity contribution in [3.05, 3.63) is 69.6 Å². The normalized spacial score (nSPS) is 11.5. The molecule has 0 spiro atoms. The molecule has 3 rings (SSSR count). The highest BCUT2D eigenvalue weighted by Crippen LogP contribution is 2.22. The van der Waals surface area contributed by atoms with Gasteiger partial charge in [0.15, 0.2) is 0 Å². The molecule has 1 aromatic heterocycles. The fourth-order valence-electron chi connectivity index (χ4n) is 2.88. The van der Waals surface area contributed by atoms with Crippen molar-refractivity contribution in [2.45, 2.75) is 26.9 Å². The first-order valence-corrected chi connectivity index (χ1v) is 8.96. The van der Waals surface area contributed by atoms with Crippen molar-refractivity contribution in [3.63, 3.8) is 0 Å². The molecule has 8 nitrogen and oxygen atoms in total. The van der Waals surface area contributed by atoms with Crippen molar-refractivity contribution in [3.8, 4) is 11.4 Å². The lowest BCUT2D eigenvalue weighted by atomic mass is 10.0. The summed E-state index contributed by atoms with van der Waals surface area (Å²) in [6.45, 7) is 4.31. The third-order valence-electron chi connectivity index (χ3n) is 4.37. The molecular formula is C20H23N5O3. The van der Waals surface area contributed by atoms with Gasteiger partial charge in [0.1, 0.15) is 19.5 Å². The van der Waals surface area contributed by atoms with Crippen LogP contribution in [0, 0.1) is 6.92 Å². The molecule has 0 aliphatic rings. The Morgan fingerprint density at radius 2 is 1.96 bits per heavy atom. The monoisotopic (exact) mass is 381 g/mol. The molecule has 0 fully saturated rings. The smallest absolute Gasteiger partial charge is 0.368 e. The highest BCUT2D eigenvalue weighted by molar-refractivity contribution is 6.00. The van der Waals surface area contributed by atoms with Gasteiger partial charge < -0.3 is 9.57 Å². The number of aromatic nitrogens is 4. The van der Waals surface area contributed by atoms with E-state index in [2.05, 4.69) is 15.6 Å². The maximum absolute atomic E-state index is 12.2. The Bertz CT molecular complexity index is 1050. The summed E-state index contributed by atoms with van der Waals surface area (Å²) in [7, 11) is 3.10. The number of oxime groups is 1. The molecule has 3 aromatic rings. The summed E-state index contributed by atoms with van der Waals surface area (Å²) in [5, 5.41) is 11.7. The molecule has 0 unspecified atom stereocenters. The van der Waals surface area contributed by atoms with Crippen LogP contribution in [0.3, 0.4) is 0 Å². The zero-order valence-electron chi connectivity index (χ0n) is 16.4. The van der Waals surface area contributed by atoms with E-state index in [1.807, 2.05) is 56.3 Å². The van der Waals surface area contributed by atoms with Gasteiger partial charge >= 0.3 is 5.69 Å². The van der Waals surface area contributed by atoms with Gasteiger partial charge in [0.2, 0.25) is 0 Å². The molecule has 0 amide bonds. The lowest BCUT2D eigenvalue weighted by molar-refractivity contribution is 0.213. The highest BCUT2D eigenvalue weighted by Gasteiger charge is 2.12. The van der Waals surface area contributed by atoms with Crippen LogP contribution < -0.4 is 10.4 Å². The topological polar surface area (TPSA) is 83.5 Å². The second-order valence-corrected chi connectivity index (χ2v) is 6.27. The number of ether oxygens (including phenoxy) is 1. The van der Waals surface area contributed by atoms with Crippen LogP contribution in [0.4, 0.5) is 0 Å². The number of tetrazole rings is 1. The number of nitrogens with zero attached hydrogens (tertiary/aromatic N) is 5. The first-order valence-electron chi connectivity index (χ1n) is 8.96. The summed E-state index contributed by atoms with van der Waals surface area (Å²) in [5.74, 6) is 0.762. The predicted molar refractivity (Wildman–Crippen MR) is 106 cm³/mol. The van der Waals surface area contributed by atoms with Crippen LogP contribution in [0.25, 0.3) is 5.69 Å². The average Bonchev–Trinajstić information content (AvgIpc) is 3.04. The third-order valence-corrected chi connectivity index (χ3v) is 4.37. The minimum Gasteiger partial charge on any atom is -0.489 e. The van der Waals surface area contributed by atoms with E-state index in [1.165, 1.54) is 9.36 Å². The average molecular weight is 381 g/mol. The van der Waals surface area contributed by atoms with Crippen LogP contribution in [0.5, 0.6) is 5.75 Å². The quantitative estimate of drug-likeness (QED) is 0.464. The van der Waals surface area contributed by atoms with Gasteiger partial charge in [0.25, 0.3) is 0 Å². The molecule has 0 aliphatic carbocycles. The van der Waals surface area contributed by atoms with Gasteiger partial charge in [-0.2, -0.15) is 9.36 Å². The maximum atomic E-state index is 12.2. The van der Waals surface area contributed by atoms with Gasteiger partial charge in [-0.1, -0.05) is 30.3 Å². The summed E-state index contributed by atoms with van der Waals surface area (Å²) in [6, 6.07) is 13.4. The number of aryl methyl sites for hydroxylation is 2. The molecule has 0 saturated carbocycles. The van der Waals surface area contributed by atoms with Crippen LogP contribution in [-0.4, -0.2) is 32.6 Å². The van der Waals surface area contributed by atoms with Crippen molar-refractivity contribution < 1.29 is 9.57 Å². The minimum absolute atomic E-state index is 0.298. The van der Waals surface area contributed by atoms with E-state index in [9.17, 15) is 4.79 Å². The van der Waals surface area contributed by atoms with Crippen molar-refractivity contribution in [1.29, 1.82) is 0 Å². The molecule has 0 radical (unpaired) electrons.